The van der Waals surface area contributed by atoms with Crippen LogP contribution in [-0.2, 0) is 16.0 Å². The summed E-state index contributed by atoms with van der Waals surface area (Å²) >= 11 is 0. The van der Waals surface area contributed by atoms with E-state index in [1.165, 1.54) is 5.56 Å². The summed E-state index contributed by atoms with van der Waals surface area (Å²) in [6.07, 6.45) is 4.01. The van der Waals surface area contributed by atoms with Crippen molar-refractivity contribution >= 4 is 11.8 Å². The van der Waals surface area contributed by atoms with Crippen molar-refractivity contribution < 1.29 is 9.59 Å². The Morgan fingerprint density at radius 3 is 2.56 bits per heavy atom. The molecule has 1 aliphatic heterocycles. The van der Waals surface area contributed by atoms with Crippen molar-refractivity contribution in [1.82, 2.24) is 10.2 Å². The monoisotopic (exact) mass is 344 g/mol. The van der Waals surface area contributed by atoms with Gasteiger partial charge in [0.2, 0.25) is 11.8 Å². The van der Waals surface area contributed by atoms with Crippen LogP contribution in [0.2, 0.25) is 0 Å². The number of hydrogen-bond acceptors (Lipinski definition) is 2. The van der Waals surface area contributed by atoms with E-state index in [-0.39, 0.29) is 29.3 Å². The standard InChI is InChI=1S/C21H32N2O2/c1-16(12-13-17-9-6-5-7-10-17)22-20(25)18-11-8-14-23(18)19(24)15-21(2,3)4/h5-7,9-10,16,18H,8,11-15H2,1-4H3,(H,22,25)/t16-,18-/m0/s1. The maximum Gasteiger partial charge on any atom is 0.243 e. The Morgan fingerprint density at radius 2 is 1.92 bits per heavy atom. The molecule has 0 saturated carbocycles. The van der Waals surface area contributed by atoms with Gasteiger partial charge < -0.3 is 10.2 Å². The van der Waals surface area contributed by atoms with E-state index >= 15 is 0 Å². The van der Waals surface area contributed by atoms with E-state index in [9.17, 15) is 9.59 Å². The van der Waals surface area contributed by atoms with Gasteiger partial charge in [0.1, 0.15) is 6.04 Å². The molecular weight excluding hydrogens is 312 g/mol. The molecule has 25 heavy (non-hydrogen) atoms. The zero-order valence-electron chi connectivity index (χ0n) is 16.0. The Balaban J connectivity index is 1.85. The molecule has 4 heteroatoms. The number of rotatable bonds is 6. The fourth-order valence-corrected chi connectivity index (χ4v) is 3.33. The number of hydrogen-bond donors (Lipinski definition) is 1. The summed E-state index contributed by atoms with van der Waals surface area (Å²) in [6, 6.07) is 10.1. The van der Waals surface area contributed by atoms with Crippen molar-refractivity contribution in [3.8, 4) is 0 Å². The SMILES string of the molecule is C[C@@H](CCc1ccccc1)NC(=O)[C@@H]1CCCN1C(=O)CC(C)(C)C. The second-order valence-electron chi connectivity index (χ2n) is 8.42. The fourth-order valence-electron chi connectivity index (χ4n) is 3.33. The second kappa shape index (κ2) is 8.50. The largest absolute Gasteiger partial charge is 0.352 e. The lowest BCUT2D eigenvalue weighted by Gasteiger charge is -2.28. The van der Waals surface area contributed by atoms with Crippen LogP contribution in [0.5, 0.6) is 0 Å². The smallest absolute Gasteiger partial charge is 0.243 e. The molecular formula is C21H32N2O2. The van der Waals surface area contributed by atoms with E-state index in [2.05, 4.69) is 38.2 Å². The average molecular weight is 344 g/mol. The van der Waals surface area contributed by atoms with Crippen LogP contribution in [0, 0.1) is 5.41 Å². The molecule has 1 fully saturated rings. The van der Waals surface area contributed by atoms with E-state index in [0.717, 1.165) is 25.7 Å². The topological polar surface area (TPSA) is 49.4 Å². The van der Waals surface area contributed by atoms with E-state index in [4.69, 9.17) is 0 Å². The molecule has 0 bridgehead atoms. The van der Waals surface area contributed by atoms with Crippen molar-refractivity contribution in [3.05, 3.63) is 35.9 Å². The number of carbonyl (C=O) groups is 2. The van der Waals surface area contributed by atoms with Gasteiger partial charge in [-0.3, -0.25) is 9.59 Å². The molecule has 0 aliphatic carbocycles. The van der Waals surface area contributed by atoms with Crippen molar-refractivity contribution in [2.75, 3.05) is 6.54 Å². The Kier molecular flexibility index (Phi) is 6.63. The predicted molar refractivity (Wildman–Crippen MR) is 101 cm³/mol. The van der Waals surface area contributed by atoms with Gasteiger partial charge in [-0.05, 0) is 43.6 Å². The molecule has 2 atom stereocenters. The lowest BCUT2D eigenvalue weighted by Crippen LogP contribution is -2.48. The van der Waals surface area contributed by atoms with Gasteiger partial charge in [-0.1, -0.05) is 51.1 Å². The van der Waals surface area contributed by atoms with Crippen molar-refractivity contribution in [2.45, 2.75) is 71.9 Å². The van der Waals surface area contributed by atoms with Gasteiger partial charge >= 0.3 is 0 Å². The van der Waals surface area contributed by atoms with Crippen LogP contribution < -0.4 is 5.32 Å². The molecule has 0 aromatic heterocycles. The number of amides is 2. The van der Waals surface area contributed by atoms with Crippen LogP contribution in [0.4, 0.5) is 0 Å². The van der Waals surface area contributed by atoms with Gasteiger partial charge in [-0.25, -0.2) is 0 Å². The normalized spacial score (nSPS) is 18.9. The summed E-state index contributed by atoms with van der Waals surface area (Å²) in [5.41, 5.74) is 1.23. The van der Waals surface area contributed by atoms with Crippen LogP contribution in [0.15, 0.2) is 30.3 Å². The quantitative estimate of drug-likeness (QED) is 0.858. The number of nitrogens with zero attached hydrogens (tertiary/aromatic N) is 1. The highest BCUT2D eigenvalue weighted by Crippen LogP contribution is 2.25. The third-order valence-corrected chi connectivity index (χ3v) is 4.65. The number of nitrogens with one attached hydrogen (secondary N) is 1. The minimum absolute atomic E-state index is 0.000297. The van der Waals surface area contributed by atoms with Gasteiger partial charge in [0, 0.05) is 19.0 Å². The Labute approximate surface area is 152 Å². The van der Waals surface area contributed by atoms with Crippen molar-refractivity contribution in [1.29, 1.82) is 0 Å². The molecule has 4 nitrogen and oxygen atoms in total. The average Bonchev–Trinajstić information content (AvgIpc) is 3.02. The molecule has 1 N–H and O–H groups in total. The lowest BCUT2D eigenvalue weighted by atomic mass is 9.91. The first kappa shape index (κ1) is 19.5. The van der Waals surface area contributed by atoms with Crippen LogP contribution in [-0.4, -0.2) is 35.3 Å². The van der Waals surface area contributed by atoms with Crippen LogP contribution in [0.1, 0.15) is 58.9 Å². The minimum Gasteiger partial charge on any atom is -0.352 e. The van der Waals surface area contributed by atoms with Gasteiger partial charge in [0.15, 0.2) is 0 Å². The predicted octanol–water partition coefficient (Wildman–Crippen LogP) is 3.55. The van der Waals surface area contributed by atoms with Crippen LogP contribution >= 0.6 is 0 Å². The number of benzene rings is 1. The second-order valence-corrected chi connectivity index (χ2v) is 8.42. The Hall–Kier alpha value is -1.84. The number of aryl methyl sites for hydroxylation is 1. The van der Waals surface area contributed by atoms with Crippen molar-refractivity contribution in [3.63, 3.8) is 0 Å². The molecule has 1 saturated heterocycles. The van der Waals surface area contributed by atoms with Gasteiger partial charge in [-0.15, -0.1) is 0 Å². The Morgan fingerprint density at radius 1 is 1.24 bits per heavy atom. The van der Waals surface area contributed by atoms with Gasteiger partial charge in [-0.2, -0.15) is 0 Å². The van der Waals surface area contributed by atoms with Gasteiger partial charge in [0.25, 0.3) is 0 Å². The molecule has 0 spiro atoms. The van der Waals surface area contributed by atoms with Crippen LogP contribution in [0.3, 0.4) is 0 Å². The summed E-state index contributed by atoms with van der Waals surface area (Å²) in [7, 11) is 0. The van der Waals surface area contributed by atoms with E-state index < -0.39 is 0 Å². The molecule has 1 heterocycles. The molecule has 1 aliphatic rings. The van der Waals surface area contributed by atoms with Crippen molar-refractivity contribution in [2.24, 2.45) is 5.41 Å². The summed E-state index contributed by atoms with van der Waals surface area (Å²) < 4.78 is 0. The molecule has 138 valence electrons. The molecule has 0 radical (unpaired) electrons. The van der Waals surface area contributed by atoms with E-state index in [0.29, 0.717) is 13.0 Å². The first-order chi connectivity index (χ1) is 11.8. The summed E-state index contributed by atoms with van der Waals surface area (Å²) in [6.45, 7) is 8.91. The van der Waals surface area contributed by atoms with Gasteiger partial charge in [0.05, 0.1) is 0 Å². The minimum atomic E-state index is -0.297. The highest BCUT2D eigenvalue weighted by Gasteiger charge is 2.35. The lowest BCUT2D eigenvalue weighted by molar-refractivity contribution is -0.140. The molecule has 2 amide bonds. The first-order valence-electron chi connectivity index (χ1n) is 9.40. The molecule has 2 rings (SSSR count). The van der Waals surface area contributed by atoms with Crippen LogP contribution in [0.25, 0.3) is 0 Å². The number of likely N-dealkylation sites (tertiary alicyclic amines) is 1. The molecule has 1 aromatic carbocycles. The highest BCUT2D eigenvalue weighted by molar-refractivity contribution is 5.88. The van der Waals surface area contributed by atoms with E-state index in [1.807, 2.05) is 25.1 Å². The molecule has 1 aromatic rings. The zero-order valence-corrected chi connectivity index (χ0v) is 16.0. The fraction of sp³-hybridized carbons (Fsp3) is 0.619. The summed E-state index contributed by atoms with van der Waals surface area (Å²) in [5.74, 6) is 0.0995. The summed E-state index contributed by atoms with van der Waals surface area (Å²) in [5, 5.41) is 3.11. The third kappa shape index (κ3) is 6.18. The molecule has 0 unspecified atom stereocenters. The summed E-state index contributed by atoms with van der Waals surface area (Å²) in [4.78, 5) is 26.9. The zero-order chi connectivity index (χ0) is 18.4. The highest BCUT2D eigenvalue weighted by atomic mass is 16.2. The van der Waals surface area contributed by atoms with E-state index in [1.54, 1.807) is 4.90 Å². The number of carbonyl (C=O) groups excluding carboxylic acids is 2. The first-order valence-corrected chi connectivity index (χ1v) is 9.40. The third-order valence-electron chi connectivity index (χ3n) is 4.65. The Bertz CT molecular complexity index is 577. The maximum atomic E-state index is 12.6. The maximum absolute atomic E-state index is 12.6.